The lowest BCUT2D eigenvalue weighted by molar-refractivity contribution is -0.870. The number of hydrogen-bond donors (Lipinski definition) is 0. The van der Waals surface area contributed by atoms with Crippen molar-refractivity contribution in [3.8, 4) is 0 Å². The summed E-state index contributed by atoms with van der Waals surface area (Å²) in [6, 6.07) is 0. The second-order valence-electron chi connectivity index (χ2n) is 15.7. The minimum Gasteiger partial charge on any atom is -0.756 e. The number of carbonyl (C=O) groups is 2. The van der Waals surface area contributed by atoms with E-state index in [0.29, 0.717) is 17.4 Å². The molecule has 0 amide bonds. The molecule has 0 spiro atoms. The van der Waals surface area contributed by atoms with Gasteiger partial charge in [0.1, 0.15) is 19.8 Å². The van der Waals surface area contributed by atoms with E-state index < -0.39 is 32.5 Å². The molecule has 0 aromatic carbocycles. The van der Waals surface area contributed by atoms with Crippen LogP contribution in [0.25, 0.3) is 0 Å². The smallest absolute Gasteiger partial charge is 0.306 e. The van der Waals surface area contributed by atoms with Gasteiger partial charge >= 0.3 is 11.9 Å². The average Bonchev–Trinajstić information content (AvgIpc) is 3.17. The standard InChI is InChI=1S/C48H82NO8P/c1-6-8-10-12-14-16-17-18-19-20-21-22-23-24-25-26-27-28-29-30-31-33-35-37-39-41-48(51)57-46(45-56-58(52,53)55-43-42-49(3,4)5)44-54-47(50)40-38-36-34-32-15-13-11-9-7-2/h8,10,14,16,18-19,21-22,24-25,27-28,30-31,46H,6-7,9,11-13,15,17,20,23,26,29,32-45H2,1-5H3/b10-8-,16-14-,19-18-,22-21-,25-24-,28-27-,31-30-. The first kappa shape index (κ1) is 55.2. The van der Waals surface area contributed by atoms with E-state index in [2.05, 4.69) is 98.9 Å². The lowest BCUT2D eigenvalue weighted by atomic mass is 10.1. The van der Waals surface area contributed by atoms with Crippen molar-refractivity contribution < 1.29 is 42.1 Å². The molecule has 0 bridgehead atoms. The van der Waals surface area contributed by atoms with Gasteiger partial charge in [-0.2, -0.15) is 0 Å². The maximum Gasteiger partial charge on any atom is 0.306 e. The molecule has 10 heteroatoms. The van der Waals surface area contributed by atoms with E-state index in [-0.39, 0.29) is 26.1 Å². The van der Waals surface area contributed by atoms with Crippen molar-refractivity contribution in [1.29, 1.82) is 0 Å². The first-order chi connectivity index (χ1) is 28.0. The predicted molar refractivity (Wildman–Crippen MR) is 240 cm³/mol. The van der Waals surface area contributed by atoms with Gasteiger partial charge in [0.05, 0.1) is 27.7 Å². The normalized spacial score (nSPS) is 14.4. The summed E-state index contributed by atoms with van der Waals surface area (Å²) < 4.78 is 33.8. The van der Waals surface area contributed by atoms with Crippen molar-refractivity contribution in [2.75, 3.05) is 47.5 Å². The van der Waals surface area contributed by atoms with Crippen LogP contribution in [-0.2, 0) is 32.7 Å². The number of phosphoric ester groups is 1. The fourth-order valence-electron chi connectivity index (χ4n) is 5.46. The minimum atomic E-state index is -4.63. The van der Waals surface area contributed by atoms with E-state index in [0.717, 1.165) is 83.5 Å². The van der Waals surface area contributed by atoms with Crippen LogP contribution in [0, 0.1) is 0 Å². The van der Waals surface area contributed by atoms with Crippen LogP contribution in [0.5, 0.6) is 0 Å². The molecule has 332 valence electrons. The Hall–Kier alpha value is -2.81. The Labute approximate surface area is 354 Å². The molecule has 0 saturated heterocycles. The van der Waals surface area contributed by atoms with Crippen molar-refractivity contribution in [1.82, 2.24) is 0 Å². The van der Waals surface area contributed by atoms with Gasteiger partial charge in [-0.05, 0) is 70.6 Å². The average molecular weight is 832 g/mol. The van der Waals surface area contributed by atoms with Crippen molar-refractivity contribution in [3.05, 3.63) is 85.1 Å². The van der Waals surface area contributed by atoms with Crippen molar-refractivity contribution in [2.45, 2.75) is 161 Å². The molecule has 0 N–H and O–H groups in total. The Balaban J connectivity index is 4.36. The molecule has 0 aromatic heterocycles. The Bertz CT molecular complexity index is 1260. The van der Waals surface area contributed by atoms with Gasteiger partial charge in [-0.25, -0.2) is 0 Å². The van der Waals surface area contributed by atoms with E-state index in [9.17, 15) is 19.0 Å². The third-order valence-electron chi connectivity index (χ3n) is 8.93. The molecule has 0 heterocycles. The summed E-state index contributed by atoms with van der Waals surface area (Å²) in [7, 11) is 1.13. The third-order valence-corrected chi connectivity index (χ3v) is 9.89. The van der Waals surface area contributed by atoms with Gasteiger partial charge in [0.25, 0.3) is 7.82 Å². The number of rotatable bonds is 39. The molecule has 58 heavy (non-hydrogen) atoms. The van der Waals surface area contributed by atoms with Gasteiger partial charge in [0.2, 0.25) is 0 Å². The van der Waals surface area contributed by atoms with Gasteiger partial charge in [-0.15, -0.1) is 0 Å². The summed E-state index contributed by atoms with van der Waals surface area (Å²) in [5, 5.41) is 0. The number of likely N-dealkylation sites (N-methyl/N-ethyl adjacent to an activating group) is 1. The Morgan fingerprint density at radius 3 is 1.47 bits per heavy atom. The fraction of sp³-hybridized carbons (Fsp3) is 0.667. The van der Waals surface area contributed by atoms with Crippen molar-refractivity contribution >= 4 is 19.8 Å². The number of nitrogens with zero attached hydrogens (tertiary/aromatic N) is 1. The minimum absolute atomic E-state index is 0.0415. The van der Waals surface area contributed by atoms with Gasteiger partial charge in [-0.3, -0.25) is 14.2 Å². The lowest BCUT2D eigenvalue weighted by Gasteiger charge is -2.28. The van der Waals surface area contributed by atoms with E-state index in [1.807, 2.05) is 21.1 Å². The second kappa shape index (κ2) is 39.6. The van der Waals surface area contributed by atoms with Crippen LogP contribution < -0.4 is 4.89 Å². The third kappa shape index (κ3) is 42.8. The van der Waals surface area contributed by atoms with E-state index in [4.69, 9.17) is 18.5 Å². The van der Waals surface area contributed by atoms with Crippen LogP contribution in [0.4, 0.5) is 0 Å². The molecule has 0 aliphatic heterocycles. The first-order valence-electron chi connectivity index (χ1n) is 22.3. The highest BCUT2D eigenvalue weighted by Gasteiger charge is 2.21. The molecule has 0 aliphatic rings. The van der Waals surface area contributed by atoms with Gasteiger partial charge < -0.3 is 27.9 Å². The maximum absolute atomic E-state index is 12.7. The molecule has 0 rings (SSSR count). The molecule has 0 radical (unpaired) electrons. The second-order valence-corrected chi connectivity index (χ2v) is 17.1. The molecule has 0 saturated carbocycles. The lowest BCUT2D eigenvalue weighted by Crippen LogP contribution is -2.37. The van der Waals surface area contributed by atoms with E-state index in [1.54, 1.807) is 0 Å². The topological polar surface area (TPSA) is 111 Å². The molecular weight excluding hydrogens is 750 g/mol. The van der Waals surface area contributed by atoms with E-state index >= 15 is 0 Å². The summed E-state index contributed by atoms with van der Waals surface area (Å²) in [4.78, 5) is 37.4. The highest BCUT2D eigenvalue weighted by atomic mass is 31.2. The van der Waals surface area contributed by atoms with Crippen LogP contribution in [0.1, 0.15) is 155 Å². The summed E-state index contributed by atoms with van der Waals surface area (Å²) >= 11 is 0. The number of unbranched alkanes of at least 4 members (excludes halogenated alkanes) is 11. The number of hydrogen-bond acceptors (Lipinski definition) is 8. The number of phosphoric acid groups is 1. The summed E-state index contributed by atoms with van der Waals surface area (Å²) in [5.41, 5.74) is 0. The zero-order chi connectivity index (χ0) is 42.8. The van der Waals surface area contributed by atoms with Gasteiger partial charge in [0.15, 0.2) is 6.10 Å². The molecule has 2 atom stereocenters. The Morgan fingerprint density at radius 2 is 0.983 bits per heavy atom. The van der Waals surface area contributed by atoms with Crippen molar-refractivity contribution in [3.63, 3.8) is 0 Å². The number of carbonyl (C=O) groups excluding carboxylic acids is 2. The van der Waals surface area contributed by atoms with Crippen LogP contribution in [0.3, 0.4) is 0 Å². The quantitative estimate of drug-likeness (QED) is 0.0198. The largest absolute Gasteiger partial charge is 0.756 e. The molecule has 0 fully saturated rings. The fourth-order valence-corrected chi connectivity index (χ4v) is 6.18. The first-order valence-corrected chi connectivity index (χ1v) is 23.8. The van der Waals surface area contributed by atoms with Gasteiger partial charge in [-0.1, -0.05) is 157 Å². The molecule has 9 nitrogen and oxygen atoms in total. The maximum atomic E-state index is 12.7. The van der Waals surface area contributed by atoms with E-state index in [1.165, 1.54) is 38.5 Å². The highest BCUT2D eigenvalue weighted by molar-refractivity contribution is 7.45. The summed E-state index contributed by atoms with van der Waals surface area (Å²) in [6.45, 7) is 4.02. The predicted octanol–water partition coefficient (Wildman–Crippen LogP) is 12.2. The van der Waals surface area contributed by atoms with Crippen LogP contribution in [0.2, 0.25) is 0 Å². The van der Waals surface area contributed by atoms with Crippen molar-refractivity contribution in [2.24, 2.45) is 0 Å². The Kier molecular flexibility index (Phi) is 37.7. The molecule has 0 aromatic rings. The van der Waals surface area contributed by atoms with Crippen LogP contribution in [0.15, 0.2) is 85.1 Å². The number of ether oxygens (including phenoxy) is 2. The molecule has 2 unspecified atom stereocenters. The number of quaternary nitrogens is 1. The number of allylic oxidation sites excluding steroid dienone is 14. The SMILES string of the molecule is CC/C=C\C/C=C\C/C=C\C/C=C\C/C=C\C/C=C\C/C=C\CCCCCC(=O)OC(COC(=O)CCCCCCCCCCC)COP(=O)([O-])OCC[N+](C)(C)C. The zero-order valence-corrected chi connectivity index (χ0v) is 38.1. The zero-order valence-electron chi connectivity index (χ0n) is 37.2. The summed E-state index contributed by atoms with van der Waals surface area (Å²) in [6.07, 6.45) is 50.5. The van der Waals surface area contributed by atoms with Crippen LogP contribution in [-0.4, -0.2) is 70.0 Å². The monoisotopic (exact) mass is 832 g/mol. The summed E-state index contributed by atoms with van der Waals surface area (Å²) in [5.74, 6) is -0.883. The molecular formula is C48H82NO8P. The van der Waals surface area contributed by atoms with Crippen LogP contribution >= 0.6 is 7.82 Å². The Morgan fingerprint density at radius 1 is 0.552 bits per heavy atom. The number of esters is 2. The van der Waals surface area contributed by atoms with Gasteiger partial charge in [0, 0.05) is 12.8 Å². The highest BCUT2D eigenvalue weighted by Crippen LogP contribution is 2.38. The molecule has 0 aliphatic carbocycles.